The Morgan fingerprint density at radius 3 is 2.38 bits per heavy atom. The molecule has 13 heavy (non-hydrogen) atoms. The maximum Gasteiger partial charge on any atom is 0.352 e. The van der Waals surface area contributed by atoms with Gasteiger partial charge in [-0.2, -0.15) is 0 Å². The lowest BCUT2D eigenvalue weighted by molar-refractivity contribution is -0.136. The van der Waals surface area contributed by atoms with Gasteiger partial charge in [0.2, 0.25) is 0 Å². The molecule has 0 saturated carbocycles. The van der Waals surface area contributed by atoms with E-state index in [0.717, 1.165) is 6.07 Å². The molecular weight excluding hydrogens is 178 g/mol. The Kier molecular flexibility index (Phi) is 2.23. The number of rotatable bonds is 3. The molecule has 1 aromatic heterocycles. The number of aromatic amines is 1. The van der Waals surface area contributed by atoms with E-state index in [2.05, 4.69) is 4.98 Å². The Morgan fingerprint density at radius 2 is 2.00 bits per heavy atom. The lowest BCUT2D eigenvalue weighted by Gasteiger charge is -1.90. The molecule has 70 valence electrons. The molecule has 0 atom stereocenters. The van der Waals surface area contributed by atoms with E-state index in [1.807, 2.05) is 0 Å². The van der Waals surface area contributed by atoms with Crippen LogP contribution in [0.2, 0.25) is 0 Å². The van der Waals surface area contributed by atoms with Crippen LogP contribution in [0.15, 0.2) is 6.07 Å². The van der Waals surface area contributed by atoms with Crippen LogP contribution in [0.25, 0.3) is 0 Å². The van der Waals surface area contributed by atoms with Crippen LogP contribution in [0, 0.1) is 0 Å². The average Bonchev–Trinajstić information content (AvgIpc) is 2.31. The summed E-state index contributed by atoms with van der Waals surface area (Å²) in [5.74, 6) is -2.79. The minimum atomic E-state index is -1.24. The molecule has 0 bridgehead atoms. The monoisotopic (exact) mass is 185 g/mol. The standard InChI is InChI=1S/C7H7NO5/c9-5(10)2-3-1-4(7(12)13)8-6(3)11/h1,8,11H,2H2,(H,9,10)(H,12,13). The van der Waals surface area contributed by atoms with Crippen molar-refractivity contribution in [3.8, 4) is 5.88 Å². The molecule has 4 N–H and O–H groups in total. The summed E-state index contributed by atoms with van der Waals surface area (Å²) in [4.78, 5) is 22.7. The molecule has 0 fully saturated rings. The van der Waals surface area contributed by atoms with Crippen LogP contribution in [-0.2, 0) is 11.2 Å². The number of aliphatic carboxylic acids is 1. The highest BCUT2D eigenvalue weighted by Gasteiger charge is 2.13. The summed E-state index contributed by atoms with van der Waals surface area (Å²) < 4.78 is 0. The summed E-state index contributed by atoms with van der Waals surface area (Å²) in [6, 6.07) is 1.09. The SMILES string of the molecule is O=C(O)Cc1cc(C(=O)O)[nH]c1O. The van der Waals surface area contributed by atoms with Crippen LogP contribution in [-0.4, -0.2) is 32.2 Å². The van der Waals surface area contributed by atoms with Gasteiger partial charge in [0.25, 0.3) is 0 Å². The van der Waals surface area contributed by atoms with E-state index in [-0.39, 0.29) is 11.3 Å². The first-order valence-electron chi connectivity index (χ1n) is 3.36. The van der Waals surface area contributed by atoms with Crippen molar-refractivity contribution >= 4 is 11.9 Å². The van der Waals surface area contributed by atoms with Gasteiger partial charge in [0.05, 0.1) is 6.42 Å². The third kappa shape index (κ3) is 1.98. The van der Waals surface area contributed by atoms with Gasteiger partial charge in [-0.1, -0.05) is 0 Å². The lowest BCUT2D eigenvalue weighted by atomic mass is 10.2. The van der Waals surface area contributed by atoms with Crippen LogP contribution in [0.5, 0.6) is 5.88 Å². The number of carboxylic acid groups (broad SMARTS) is 2. The first-order chi connectivity index (χ1) is 6.00. The highest BCUT2D eigenvalue weighted by Crippen LogP contribution is 2.17. The highest BCUT2D eigenvalue weighted by molar-refractivity contribution is 5.86. The number of carboxylic acids is 2. The zero-order chi connectivity index (χ0) is 10.0. The predicted molar refractivity (Wildman–Crippen MR) is 40.8 cm³/mol. The van der Waals surface area contributed by atoms with Crippen molar-refractivity contribution in [1.29, 1.82) is 0 Å². The Labute approximate surface area is 72.4 Å². The van der Waals surface area contributed by atoms with E-state index in [1.54, 1.807) is 0 Å². The van der Waals surface area contributed by atoms with E-state index in [1.165, 1.54) is 0 Å². The van der Waals surface area contributed by atoms with Crippen molar-refractivity contribution in [2.75, 3.05) is 0 Å². The molecule has 1 aromatic rings. The molecule has 0 aliphatic carbocycles. The maximum absolute atomic E-state index is 10.4. The predicted octanol–water partition coefficient (Wildman–Crippen LogP) is 0.0456. The second kappa shape index (κ2) is 3.18. The number of carbonyl (C=O) groups is 2. The molecular formula is C7H7NO5. The second-order valence-corrected chi connectivity index (χ2v) is 2.43. The van der Waals surface area contributed by atoms with Gasteiger partial charge < -0.3 is 20.3 Å². The quantitative estimate of drug-likeness (QED) is 0.531. The van der Waals surface area contributed by atoms with Crippen LogP contribution in [0.3, 0.4) is 0 Å². The van der Waals surface area contributed by atoms with Crippen molar-refractivity contribution in [3.63, 3.8) is 0 Å². The number of hydrogen-bond acceptors (Lipinski definition) is 3. The topological polar surface area (TPSA) is 111 Å². The van der Waals surface area contributed by atoms with Gasteiger partial charge in [-0.15, -0.1) is 0 Å². The summed E-state index contributed by atoms with van der Waals surface area (Å²) in [5.41, 5.74) is -0.168. The zero-order valence-corrected chi connectivity index (χ0v) is 6.44. The van der Waals surface area contributed by atoms with Gasteiger partial charge in [-0.25, -0.2) is 4.79 Å². The summed E-state index contributed by atoms with van der Waals surface area (Å²) in [6.45, 7) is 0. The zero-order valence-electron chi connectivity index (χ0n) is 6.44. The van der Waals surface area contributed by atoms with Crippen molar-refractivity contribution in [1.82, 2.24) is 4.98 Å². The first-order valence-corrected chi connectivity index (χ1v) is 3.36. The Hall–Kier alpha value is -1.98. The number of nitrogens with one attached hydrogen (secondary N) is 1. The number of aromatic hydroxyl groups is 1. The van der Waals surface area contributed by atoms with E-state index in [0.29, 0.717) is 0 Å². The second-order valence-electron chi connectivity index (χ2n) is 2.43. The largest absolute Gasteiger partial charge is 0.494 e. The van der Waals surface area contributed by atoms with Crippen molar-refractivity contribution in [2.24, 2.45) is 0 Å². The molecule has 0 aliphatic rings. The van der Waals surface area contributed by atoms with E-state index >= 15 is 0 Å². The smallest absolute Gasteiger partial charge is 0.352 e. The van der Waals surface area contributed by atoms with E-state index < -0.39 is 24.2 Å². The summed E-state index contributed by atoms with van der Waals surface area (Å²) >= 11 is 0. The van der Waals surface area contributed by atoms with Gasteiger partial charge in [0.1, 0.15) is 5.69 Å². The number of hydrogen-bond donors (Lipinski definition) is 4. The van der Waals surface area contributed by atoms with Gasteiger partial charge in [0, 0.05) is 5.56 Å². The molecule has 0 saturated heterocycles. The first kappa shape index (κ1) is 9.11. The highest BCUT2D eigenvalue weighted by atomic mass is 16.4. The van der Waals surface area contributed by atoms with Crippen LogP contribution in [0.4, 0.5) is 0 Å². The summed E-state index contributed by atoms with van der Waals surface area (Å²) in [6.07, 6.45) is -0.407. The maximum atomic E-state index is 10.4. The molecule has 0 aromatic carbocycles. The number of aromatic nitrogens is 1. The molecule has 0 amide bonds. The lowest BCUT2D eigenvalue weighted by Crippen LogP contribution is -1.99. The molecule has 0 spiro atoms. The van der Waals surface area contributed by atoms with E-state index in [9.17, 15) is 9.59 Å². The molecule has 6 nitrogen and oxygen atoms in total. The Morgan fingerprint density at radius 1 is 1.38 bits per heavy atom. The molecule has 0 aliphatic heterocycles. The number of H-pyrrole nitrogens is 1. The van der Waals surface area contributed by atoms with Crippen LogP contribution in [0.1, 0.15) is 16.1 Å². The van der Waals surface area contributed by atoms with Crippen molar-refractivity contribution in [2.45, 2.75) is 6.42 Å². The van der Waals surface area contributed by atoms with Gasteiger partial charge in [-0.05, 0) is 6.07 Å². The molecule has 6 heteroatoms. The Balaban J connectivity index is 2.96. The minimum Gasteiger partial charge on any atom is -0.494 e. The number of aromatic carboxylic acids is 1. The summed E-state index contributed by atoms with van der Waals surface area (Å²) in [5, 5.41) is 25.9. The van der Waals surface area contributed by atoms with Crippen molar-refractivity contribution in [3.05, 3.63) is 17.3 Å². The fourth-order valence-electron chi connectivity index (χ4n) is 0.899. The fourth-order valence-corrected chi connectivity index (χ4v) is 0.899. The van der Waals surface area contributed by atoms with Crippen LogP contribution >= 0.6 is 0 Å². The van der Waals surface area contributed by atoms with Gasteiger partial charge in [0.15, 0.2) is 5.88 Å². The normalized spacial score (nSPS) is 9.85. The Bertz CT molecular complexity index is 354. The third-order valence-corrected chi connectivity index (χ3v) is 1.45. The fraction of sp³-hybridized carbons (Fsp3) is 0.143. The average molecular weight is 185 g/mol. The van der Waals surface area contributed by atoms with Gasteiger partial charge in [-0.3, -0.25) is 4.79 Å². The van der Waals surface area contributed by atoms with Crippen molar-refractivity contribution < 1.29 is 24.9 Å². The third-order valence-electron chi connectivity index (χ3n) is 1.45. The van der Waals surface area contributed by atoms with Crippen LogP contribution < -0.4 is 0 Å². The molecule has 0 unspecified atom stereocenters. The molecule has 0 radical (unpaired) electrons. The summed E-state index contributed by atoms with van der Waals surface area (Å²) in [7, 11) is 0. The van der Waals surface area contributed by atoms with Gasteiger partial charge >= 0.3 is 11.9 Å². The van der Waals surface area contributed by atoms with E-state index in [4.69, 9.17) is 15.3 Å². The molecule has 1 heterocycles. The molecule has 1 rings (SSSR count). The minimum absolute atomic E-state index is 0.0601.